The first-order valence-electron chi connectivity index (χ1n) is 17.5. The van der Waals surface area contributed by atoms with Crippen LogP contribution in [0.4, 0.5) is 15.3 Å². The first-order chi connectivity index (χ1) is 22.8. The van der Waals surface area contributed by atoms with Crippen LogP contribution in [0, 0.1) is 13.8 Å². The van der Waals surface area contributed by atoms with Crippen molar-refractivity contribution in [3.8, 4) is 5.75 Å². The zero-order chi connectivity index (χ0) is 33.0. The van der Waals surface area contributed by atoms with Crippen LogP contribution in [0.5, 0.6) is 5.75 Å². The number of amides is 3. The lowest BCUT2D eigenvalue weighted by molar-refractivity contribution is -0.128. The number of piperidine rings is 3. The van der Waals surface area contributed by atoms with Gasteiger partial charge < -0.3 is 29.4 Å². The van der Waals surface area contributed by atoms with Gasteiger partial charge in [-0.15, -0.1) is 0 Å². The van der Waals surface area contributed by atoms with E-state index in [1.165, 1.54) is 19.3 Å². The number of nitrogens with one attached hydrogen (secondary N) is 1. The summed E-state index contributed by atoms with van der Waals surface area (Å²) in [5.74, 6) is 0.834. The zero-order valence-corrected chi connectivity index (χ0v) is 28.3. The van der Waals surface area contributed by atoms with Gasteiger partial charge in [0.15, 0.2) is 0 Å². The van der Waals surface area contributed by atoms with E-state index in [2.05, 4.69) is 21.2 Å². The van der Waals surface area contributed by atoms with E-state index in [0.717, 1.165) is 85.4 Å². The van der Waals surface area contributed by atoms with Crippen molar-refractivity contribution in [1.82, 2.24) is 19.6 Å². The molecule has 0 saturated carbocycles. The van der Waals surface area contributed by atoms with Gasteiger partial charge in [-0.3, -0.25) is 9.80 Å². The number of methoxy groups -OCH3 is 1. The molecule has 0 aromatic heterocycles. The maximum Gasteiger partial charge on any atom is 0.411 e. The molecule has 10 heteroatoms. The van der Waals surface area contributed by atoms with E-state index in [1.54, 1.807) is 7.11 Å². The molecular weight excluding hydrogens is 594 g/mol. The number of ether oxygens (including phenoxy) is 2. The van der Waals surface area contributed by atoms with Gasteiger partial charge >= 0.3 is 12.1 Å². The minimum Gasteiger partial charge on any atom is -0.496 e. The van der Waals surface area contributed by atoms with Gasteiger partial charge in [-0.25, -0.2) is 9.59 Å². The fourth-order valence-electron chi connectivity index (χ4n) is 8.70. The average molecular weight is 646 g/mol. The number of carbonyl (C=O) groups is 3. The second-order valence-corrected chi connectivity index (χ2v) is 13.8. The Morgan fingerprint density at radius 3 is 2.36 bits per heavy atom. The Hall–Kier alpha value is -3.63. The number of nitrogens with zero attached hydrogens (tertiary/aromatic N) is 4. The van der Waals surface area contributed by atoms with Gasteiger partial charge in [0, 0.05) is 56.8 Å². The molecule has 3 saturated heterocycles. The molecule has 3 amide bonds. The number of fused-ring (bicyclic) bond motifs is 1. The van der Waals surface area contributed by atoms with E-state index in [4.69, 9.17) is 9.47 Å². The number of likely N-dealkylation sites (tertiary alicyclic amines) is 3. The predicted molar refractivity (Wildman–Crippen MR) is 182 cm³/mol. The highest BCUT2D eigenvalue weighted by atomic mass is 16.6. The molecule has 2 atom stereocenters. The number of hydrogen-bond donors (Lipinski definition) is 1. The summed E-state index contributed by atoms with van der Waals surface area (Å²) in [5, 5.41) is 3.12. The lowest BCUT2D eigenvalue weighted by Gasteiger charge is -2.57. The molecule has 0 unspecified atom stereocenters. The summed E-state index contributed by atoms with van der Waals surface area (Å²) in [4.78, 5) is 49.0. The number of aldehydes is 1. The fraction of sp³-hybridized carbons (Fsp3) is 0.595. The summed E-state index contributed by atoms with van der Waals surface area (Å²) in [6, 6.07) is 12.2. The molecular formula is C37H51N5O5. The van der Waals surface area contributed by atoms with Crippen LogP contribution in [-0.4, -0.2) is 102 Å². The molecule has 2 aromatic rings. The van der Waals surface area contributed by atoms with Gasteiger partial charge in [-0.05, 0) is 106 Å². The highest BCUT2D eigenvalue weighted by Gasteiger charge is 2.52. The average Bonchev–Trinajstić information content (AvgIpc) is 3.25. The number of para-hydroxylation sites is 1. The topological polar surface area (TPSA) is 94.7 Å². The summed E-state index contributed by atoms with van der Waals surface area (Å²) in [6.07, 6.45) is 8.39. The standard InChI is InChI=1S/C37H51N5O5/c1-27-23-29(24-28(2)34(27)46-3)26-47-36(45)42-21-14-32(41-20-11-30-9-5-6-10-33(30)38-35(41)44)25-37(42,15-22-43)40-18-12-31(13-19-40)39-16-7-4-8-17-39/h5-6,9-10,22-24,31-32H,4,7-8,11-21,25-26H2,1-3H3,(H,38,44)/t32-,37+/m1/s1. The number of anilines is 1. The second-order valence-electron chi connectivity index (χ2n) is 13.8. The quantitative estimate of drug-likeness (QED) is 0.366. The number of benzene rings is 2. The molecule has 4 heterocycles. The maximum absolute atomic E-state index is 14.1. The summed E-state index contributed by atoms with van der Waals surface area (Å²) < 4.78 is 11.5. The van der Waals surface area contributed by atoms with Crippen LogP contribution >= 0.6 is 0 Å². The summed E-state index contributed by atoms with van der Waals surface area (Å²) in [6.45, 7) is 8.99. The molecule has 0 bridgehead atoms. The van der Waals surface area contributed by atoms with E-state index in [-0.39, 0.29) is 25.1 Å². The van der Waals surface area contributed by atoms with Crippen LogP contribution in [0.2, 0.25) is 0 Å². The molecule has 0 radical (unpaired) electrons. The zero-order valence-electron chi connectivity index (χ0n) is 28.3. The number of rotatable bonds is 8. The minimum absolute atomic E-state index is 0.120. The molecule has 6 rings (SSSR count). The van der Waals surface area contributed by atoms with E-state index in [9.17, 15) is 14.4 Å². The first-order valence-corrected chi connectivity index (χ1v) is 17.5. The van der Waals surface area contributed by atoms with Gasteiger partial charge in [0.1, 0.15) is 24.3 Å². The van der Waals surface area contributed by atoms with Gasteiger partial charge in [0.25, 0.3) is 0 Å². The fourth-order valence-corrected chi connectivity index (χ4v) is 8.70. The van der Waals surface area contributed by atoms with Gasteiger partial charge in [-0.1, -0.05) is 24.6 Å². The summed E-state index contributed by atoms with van der Waals surface area (Å²) >= 11 is 0. The number of carbonyl (C=O) groups excluding carboxylic acids is 3. The second kappa shape index (κ2) is 14.6. The van der Waals surface area contributed by atoms with Gasteiger partial charge in [0.2, 0.25) is 0 Å². The van der Waals surface area contributed by atoms with Crippen molar-refractivity contribution >= 4 is 24.1 Å². The third-order valence-corrected chi connectivity index (χ3v) is 11.0. The van der Waals surface area contributed by atoms with Crippen molar-refractivity contribution in [3.05, 3.63) is 58.7 Å². The van der Waals surface area contributed by atoms with Crippen LogP contribution in [0.1, 0.15) is 73.6 Å². The molecule has 2 aromatic carbocycles. The Morgan fingerprint density at radius 2 is 1.66 bits per heavy atom. The lowest BCUT2D eigenvalue weighted by Crippen LogP contribution is -2.70. The van der Waals surface area contributed by atoms with Crippen molar-refractivity contribution in [2.75, 3.05) is 51.7 Å². The Morgan fingerprint density at radius 1 is 0.957 bits per heavy atom. The Bertz CT molecular complexity index is 1410. The summed E-state index contributed by atoms with van der Waals surface area (Å²) in [7, 11) is 1.66. The normalized spacial score (nSPS) is 24.7. The highest BCUT2D eigenvalue weighted by Crippen LogP contribution is 2.40. The largest absolute Gasteiger partial charge is 0.496 e. The van der Waals surface area contributed by atoms with Crippen LogP contribution in [0.3, 0.4) is 0 Å². The molecule has 3 fully saturated rings. The molecule has 0 spiro atoms. The Balaban J connectivity index is 1.24. The lowest BCUT2D eigenvalue weighted by atomic mass is 9.84. The Labute approximate surface area is 279 Å². The van der Waals surface area contributed by atoms with Crippen LogP contribution in [0.15, 0.2) is 36.4 Å². The molecule has 47 heavy (non-hydrogen) atoms. The summed E-state index contributed by atoms with van der Waals surface area (Å²) in [5.41, 5.74) is 3.97. The Kier molecular flexibility index (Phi) is 10.4. The van der Waals surface area contributed by atoms with Gasteiger partial charge in [0.05, 0.1) is 7.11 Å². The van der Waals surface area contributed by atoms with E-state index >= 15 is 0 Å². The van der Waals surface area contributed by atoms with Crippen molar-refractivity contribution in [1.29, 1.82) is 0 Å². The molecule has 10 nitrogen and oxygen atoms in total. The third kappa shape index (κ3) is 6.99. The van der Waals surface area contributed by atoms with E-state index in [0.29, 0.717) is 32.0 Å². The number of hydrogen-bond acceptors (Lipinski definition) is 7. The predicted octanol–water partition coefficient (Wildman–Crippen LogP) is 5.74. The number of urea groups is 1. The van der Waals surface area contributed by atoms with Crippen molar-refractivity contribution in [2.45, 2.75) is 96.0 Å². The molecule has 1 N–H and O–H groups in total. The first kappa shape index (κ1) is 33.3. The van der Waals surface area contributed by atoms with Crippen LogP contribution in [-0.2, 0) is 22.6 Å². The molecule has 4 aliphatic heterocycles. The van der Waals surface area contributed by atoms with Crippen molar-refractivity contribution in [3.63, 3.8) is 0 Å². The maximum atomic E-state index is 14.1. The van der Waals surface area contributed by atoms with Crippen LogP contribution < -0.4 is 10.1 Å². The highest BCUT2D eigenvalue weighted by molar-refractivity contribution is 5.91. The van der Waals surface area contributed by atoms with Crippen molar-refractivity contribution < 1.29 is 23.9 Å². The van der Waals surface area contributed by atoms with Gasteiger partial charge in [-0.2, -0.15) is 0 Å². The van der Waals surface area contributed by atoms with Crippen LogP contribution in [0.25, 0.3) is 0 Å². The monoisotopic (exact) mass is 645 g/mol. The smallest absolute Gasteiger partial charge is 0.411 e. The number of aryl methyl sites for hydroxylation is 2. The minimum atomic E-state index is -0.875. The van der Waals surface area contributed by atoms with E-state index < -0.39 is 11.8 Å². The molecule has 254 valence electrons. The molecule has 0 aliphatic carbocycles. The molecule has 4 aliphatic rings. The van der Waals surface area contributed by atoms with Crippen molar-refractivity contribution in [2.24, 2.45) is 0 Å². The van der Waals surface area contributed by atoms with E-state index in [1.807, 2.05) is 54.0 Å². The third-order valence-electron chi connectivity index (χ3n) is 11.0. The SMILES string of the molecule is COc1c(C)cc(COC(=O)N2CC[C@@H](N3CCc4ccccc4NC3=O)C[C@@]2(CC=O)N2CCC(N3CCCCC3)CC2)cc1C.